The SMILES string of the molecule is CC(=O)O[C@@H]1C/C=C\C(=O)N2c3ccc(O)cc3[C@H](O)[C@@H](O)[C@@H]2C1. The fourth-order valence-electron chi connectivity index (χ4n) is 3.35. The lowest BCUT2D eigenvalue weighted by Gasteiger charge is -2.43. The predicted molar refractivity (Wildman–Crippen MR) is 84.3 cm³/mol. The van der Waals surface area contributed by atoms with Gasteiger partial charge in [0, 0.05) is 25.3 Å². The molecular formula is C17H19NO6. The van der Waals surface area contributed by atoms with Crippen LogP contribution < -0.4 is 4.90 Å². The summed E-state index contributed by atoms with van der Waals surface area (Å²) in [6, 6.07) is 3.54. The highest BCUT2D eigenvalue weighted by Crippen LogP contribution is 2.41. The van der Waals surface area contributed by atoms with Crippen LogP contribution in [0.2, 0.25) is 0 Å². The lowest BCUT2D eigenvalue weighted by atomic mass is 9.86. The second-order valence-electron chi connectivity index (χ2n) is 6.06. The summed E-state index contributed by atoms with van der Waals surface area (Å²) in [5, 5.41) is 30.5. The summed E-state index contributed by atoms with van der Waals surface area (Å²) < 4.78 is 5.24. The number of anilines is 1. The van der Waals surface area contributed by atoms with Crippen LogP contribution in [0.4, 0.5) is 5.69 Å². The number of carbonyl (C=O) groups excluding carboxylic acids is 2. The molecule has 24 heavy (non-hydrogen) atoms. The van der Waals surface area contributed by atoms with E-state index in [0.29, 0.717) is 12.1 Å². The summed E-state index contributed by atoms with van der Waals surface area (Å²) >= 11 is 0. The number of aliphatic hydroxyl groups is 2. The minimum absolute atomic E-state index is 0.0636. The number of ether oxygens (including phenoxy) is 1. The van der Waals surface area contributed by atoms with Crippen molar-refractivity contribution in [3.63, 3.8) is 0 Å². The maximum Gasteiger partial charge on any atom is 0.302 e. The molecular weight excluding hydrogens is 314 g/mol. The van der Waals surface area contributed by atoms with Crippen molar-refractivity contribution >= 4 is 17.6 Å². The summed E-state index contributed by atoms with van der Waals surface area (Å²) in [4.78, 5) is 25.1. The molecule has 0 aliphatic carbocycles. The minimum atomic E-state index is -1.26. The number of hydrogen-bond donors (Lipinski definition) is 3. The van der Waals surface area contributed by atoms with E-state index in [2.05, 4.69) is 0 Å². The number of benzene rings is 1. The molecule has 2 aliphatic heterocycles. The normalized spacial score (nSPS) is 30.6. The van der Waals surface area contributed by atoms with Crippen molar-refractivity contribution in [2.45, 2.75) is 44.1 Å². The molecule has 2 aliphatic rings. The van der Waals surface area contributed by atoms with E-state index in [-0.39, 0.29) is 23.6 Å². The Bertz CT molecular complexity index is 700. The van der Waals surface area contributed by atoms with Gasteiger partial charge >= 0.3 is 5.97 Å². The molecule has 0 spiro atoms. The van der Waals surface area contributed by atoms with Gasteiger partial charge in [-0.3, -0.25) is 9.59 Å². The van der Waals surface area contributed by atoms with Gasteiger partial charge in [0.25, 0.3) is 5.91 Å². The monoisotopic (exact) mass is 333 g/mol. The topological polar surface area (TPSA) is 107 Å². The number of nitrogens with zero attached hydrogens (tertiary/aromatic N) is 1. The summed E-state index contributed by atoms with van der Waals surface area (Å²) in [5.74, 6) is -0.839. The summed E-state index contributed by atoms with van der Waals surface area (Å²) in [5.41, 5.74) is 0.707. The van der Waals surface area contributed by atoms with Crippen LogP contribution >= 0.6 is 0 Å². The van der Waals surface area contributed by atoms with Crippen LogP contribution in [-0.2, 0) is 14.3 Å². The Hall–Kier alpha value is -2.38. The van der Waals surface area contributed by atoms with E-state index in [0.717, 1.165) is 0 Å². The van der Waals surface area contributed by atoms with Crippen molar-refractivity contribution in [1.82, 2.24) is 0 Å². The molecule has 0 fully saturated rings. The van der Waals surface area contributed by atoms with Gasteiger partial charge in [-0.2, -0.15) is 0 Å². The predicted octanol–water partition coefficient (Wildman–Crippen LogP) is 0.783. The quantitative estimate of drug-likeness (QED) is 0.656. The molecule has 0 saturated heterocycles. The van der Waals surface area contributed by atoms with Crippen LogP contribution in [0.25, 0.3) is 0 Å². The molecule has 1 aromatic rings. The molecule has 0 radical (unpaired) electrons. The van der Waals surface area contributed by atoms with Gasteiger partial charge < -0.3 is 25.0 Å². The molecule has 2 heterocycles. The van der Waals surface area contributed by atoms with Gasteiger partial charge in [0.2, 0.25) is 0 Å². The fraction of sp³-hybridized carbons (Fsp3) is 0.412. The molecule has 0 bridgehead atoms. The molecule has 128 valence electrons. The lowest BCUT2D eigenvalue weighted by molar-refractivity contribution is -0.147. The van der Waals surface area contributed by atoms with E-state index in [1.54, 1.807) is 6.08 Å². The first kappa shape index (κ1) is 16.5. The number of rotatable bonds is 1. The first-order valence-electron chi connectivity index (χ1n) is 7.74. The number of phenols is 1. The first-order chi connectivity index (χ1) is 11.4. The molecule has 7 nitrogen and oxygen atoms in total. The second kappa shape index (κ2) is 6.26. The highest BCUT2D eigenvalue weighted by atomic mass is 16.5. The zero-order valence-corrected chi connectivity index (χ0v) is 13.1. The van der Waals surface area contributed by atoms with Crippen molar-refractivity contribution in [2.75, 3.05) is 4.90 Å². The number of aliphatic hydroxyl groups excluding tert-OH is 2. The van der Waals surface area contributed by atoms with Gasteiger partial charge in [0.05, 0.1) is 11.7 Å². The van der Waals surface area contributed by atoms with Gasteiger partial charge in [-0.1, -0.05) is 6.08 Å². The molecule has 3 N–H and O–H groups in total. The van der Waals surface area contributed by atoms with Crippen molar-refractivity contribution in [3.8, 4) is 5.75 Å². The minimum Gasteiger partial charge on any atom is -0.508 e. The number of aromatic hydroxyl groups is 1. The first-order valence-corrected chi connectivity index (χ1v) is 7.74. The molecule has 0 aromatic heterocycles. The van der Waals surface area contributed by atoms with Crippen molar-refractivity contribution < 1.29 is 29.6 Å². The third-order valence-electron chi connectivity index (χ3n) is 4.37. The van der Waals surface area contributed by atoms with Crippen LogP contribution in [0.3, 0.4) is 0 Å². The average molecular weight is 333 g/mol. The molecule has 3 rings (SSSR count). The van der Waals surface area contributed by atoms with Crippen molar-refractivity contribution in [1.29, 1.82) is 0 Å². The molecule has 1 aromatic carbocycles. The van der Waals surface area contributed by atoms with Gasteiger partial charge in [-0.25, -0.2) is 0 Å². The summed E-state index contributed by atoms with van der Waals surface area (Å²) in [7, 11) is 0. The van der Waals surface area contributed by atoms with E-state index in [1.807, 2.05) is 0 Å². The fourth-order valence-corrected chi connectivity index (χ4v) is 3.35. The van der Waals surface area contributed by atoms with Crippen molar-refractivity contribution in [3.05, 3.63) is 35.9 Å². The Morgan fingerprint density at radius 2 is 2.08 bits per heavy atom. The molecule has 1 amide bonds. The van der Waals surface area contributed by atoms with E-state index in [4.69, 9.17) is 4.74 Å². The smallest absolute Gasteiger partial charge is 0.302 e. The van der Waals surface area contributed by atoms with Crippen LogP contribution in [0, 0.1) is 0 Å². The zero-order chi connectivity index (χ0) is 17.4. The molecule has 4 atom stereocenters. The molecule has 0 saturated carbocycles. The number of hydrogen-bond acceptors (Lipinski definition) is 6. The van der Waals surface area contributed by atoms with Crippen molar-refractivity contribution in [2.24, 2.45) is 0 Å². The standard InChI is InChI=1S/C17H19NO6/c1-9(19)24-11-3-2-4-15(21)18-13-6-5-10(20)7-12(13)16(22)17(23)14(18)8-11/h2,4-7,11,14,16-17,20,22-23H,3,8H2,1H3/b4-2-/t11-,14+,16+,17+/m1/s1. The zero-order valence-electron chi connectivity index (χ0n) is 13.1. The Morgan fingerprint density at radius 1 is 1.33 bits per heavy atom. The maximum atomic E-state index is 12.5. The van der Waals surface area contributed by atoms with E-state index in [9.17, 15) is 24.9 Å². The van der Waals surface area contributed by atoms with E-state index < -0.39 is 30.3 Å². The van der Waals surface area contributed by atoms with E-state index in [1.165, 1.54) is 36.1 Å². The van der Waals surface area contributed by atoms with E-state index >= 15 is 0 Å². The van der Waals surface area contributed by atoms with Gasteiger partial charge in [0.15, 0.2) is 0 Å². The average Bonchev–Trinajstić information content (AvgIpc) is 2.50. The summed E-state index contributed by atoms with van der Waals surface area (Å²) in [6.45, 7) is 1.30. The molecule has 7 heteroatoms. The Balaban J connectivity index is 2.05. The van der Waals surface area contributed by atoms with Gasteiger partial charge in [-0.05, 0) is 24.3 Å². The van der Waals surface area contributed by atoms with Gasteiger partial charge in [0.1, 0.15) is 24.1 Å². The Labute approximate surface area is 138 Å². The largest absolute Gasteiger partial charge is 0.508 e. The van der Waals surface area contributed by atoms with Gasteiger partial charge in [-0.15, -0.1) is 0 Å². The van der Waals surface area contributed by atoms with Crippen LogP contribution in [0.1, 0.15) is 31.4 Å². The second-order valence-corrected chi connectivity index (χ2v) is 6.06. The maximum absolute atomic E-state index is 12.5. The van der Waals surface area contributed by atoms with Crippen LogP contribution in [0.5, 0.6) is 5.75 Å². The molecule has 0 unspecified atom stereocenters. The third-order valence-corrected chi connectivity index (χ3v) is 4.37. The number of esters is 1. The third kappa shape index (κ3) is 2.88. The number of carbonyl (C=O) groups is 2. The number of amides is 1. The highest BCUT2D eigenvalue weighted by molar-refractivity contribution is 6.03. The van der Waals surface area contributed by atoms with Crippen LogP contribution in [-0.4, -0.2) is 45.4 Å². The Morgan fingerprint density at radius 3 is 2.79 bits per heavy atom. The number of fused-ring (bicyclic) bond motifs is 3. The van der Waals surface area contributed by atoms with Crippen LogP contribution in [0.15, 0.2) is 30.4 Å². The highest BCUT2D eigenvalue weighted by Gasteiger charge is 2.43. The lowest BCUT2D eigenvalue weighted by Crippen LogP contribution is -2.54. The number of phenolic OH excluding ortho intramolecular Hbond substituents is 1. The Kier molecular flexibility index (Phi) is 4.29. The summed E-state index contributed by atoms with van der Waals surface area (Å²) in [6.07, 6.45) is 0.554.